The highest BCUT2D eigenvalue weighted by molar-refractivity contribution is 5.94. The average molecular weight is 257 g/mol. The summed E-state index contributed by atoms with van der Waals surface area (Å²) in [5, 5.41) is 12.4. The van der Waals surface area contributed by atoms with Gasteiger partial charge in [-0.25, -0.2) is 9.80 Å². The van der Waals surface area contributed by atoms with Crippen LogP contribution in [-0.4, -0.2) is 41.1 Å². The Bertz CT molecular complexity index is 313. The molecule has 0 spiro atoms. The minimum atomic E-state index is -0.944. The first-order valence-electron chi connectivity index (χ1n) is 6.15. The summed E-state index contributed by atoms with van der Waals surface area (Å²) in [6, 6.07) is -0.544. The van der Waals surface area contributed by atoms with Crippen molar-refractivity contribution in [2.45, 2.75) is 38.5 Å². The molecular weight excluding hydrogens is 238 g/mol. The van der Waals surface area contributed by atoms with Crippen molar-refractivity contribution in [2.75, 3.05) is 13.1 Å². The molecule has 0 saturated carbocycles. The maximum atomic E-state index is 11.4. The third-order valence-electron chi connectivity index (χ3n) is 2.66. The Morgan fingerprint density at radius 2 is 1.72 bits per heavy atom. The standard InChI is InChI=1S/C11H19N3O4/c15-9(5-4-6-10(16)17)12-11(18)13-14-7-2-1-3-8-14/h1-8H2,(H,16,17)(H2,12,13,15,18). The van der Waals surface area contributed by atoms with Gasteiger partial charge in [0.2, 0.25) is 5.91 Å². The molecule has 3 N–H and O–H groups in total. The number of amides is 3. The van der Waals surface area contributed by atoms with E-state index in [1.807, 2.05) is 0 Å². The van der Waals surface area contributed by atoms with Crippen molar-refractivity contribution in [2.24, 2.45) is 0 Å². The van der Waals surface area contributed by atoms with Crippen LogP contribution in [-0.2, 0) is 9.59 Å². The van der Waals surface area contributed by atoms with E-state index in [1.165, 1.54) is 0 Å². The number of carbonyl (C=O) groups is 3. The lowest BCUT2D eigenvalue weighted by molar-refractivity contribution is -0.137. The number of rotatable bonds is 5. The van der Waals surface area contributed by atoms with E-state index in [4.69, 9.17) is 5.11 Å². The zero-order valence-electron chi connectivity index (χ0n) is 10.3. The fraction of sp³-hybridized carbons (Fsp3) is 0.727. The Hall–Kier alpha value is -1.63. The van der Waals surface area contributed by atoms with Gasteiger partial charge in [0.05, 0.1) is 0 Å². The van der Waals surface area contributed by atoms with Gasteiger partial charge in [0.15, 0.2) is 0 Å². The zero-order valence-corrected chi connectivity index (χ0v) is 10.3. The van der Waals surface area contributed by atoms with E-state index in [0.717, 1.165) is 32.4 Å². The second-order valence-electron chi connectivity index (χ2n) is 4.28. The van der Waals surface area contributed by atoms with Gasteiger partial charge in [-0.05, 0) is 19.3 Å². The Morgan fingerprint density at radius 1 is 1.06 bits per heavy atom. The number of carboxylic acids is 1. The first-order valence-corrected chi connectivity index (χ1v) is 6.15. The van der Waals surface area contributed by atoms with E-state index >= 15 is 0 Å². The monoisotopic (exact) mass is 257 g/mol. The van der Waals surface area contributed by atoms with Crippen LogP contribution in [0.3, 0.4) is 0 Å². The first-order chi connectivity index (χ1) is 8.58. The van der Waals surface area contributed by atoms with Gasteiger partial charge in [-0.15, -0.1) is 0 Å². The quantitative estimate of drug-likeness (QED) is 0.665. The highest BCUT2D eigenvalue weighted by Crippen LogP contribution is 2.05. The molecule has 102 valence electrons. The third-order valence-corrected chi connectivity index (χ3v) is 2.66. The lowest BCUT2D eigenvalue weighted by Gasteiger charge is -2.26. The lowest BCUT2D eigenvalue weighted by atomic mass is 10.2. The number of piperidine rings is 1. The van der Waals surface area contributed by atoms with E-state index in [0.29, 0.717) is 0 Å². The summed E-state index contributed by atoms with van der Waals surface area (Å²) in [6.07, 6.45) is 3.44. The third kappa shape index (κ3) is 6.19. The van der Waals surface area contributed by atoms with Crippen LogP contribution in [0.15, 0.2) is 0 Å². The molecule has 3 amide bonds. The number of nitrogens with zero attached hydrogens (tertiary/aromatic N) is 1. The van der Waals surface area contributed by atoms with Crippen molar-refractivity contribution in [1.29, 1.82) is 0 Å². The SMILES string of the molecule is O=C(O)CCCC(=O)NC(=O)NN1CCCCC1. The van der Waals surface area contributed by atoms with Gasteiger partial charge >= 0.3 is 12.0 Å². The van der Waals surface area contributed by atoms with Crippen LogP contribution in [0.1, 0.15) is 38.5 Å². The van der Waals surface area contributed by atoms with E-state index in [-0.39, 0.29) is 19.3 Å². The summed E-state index contributed by atoms with van der Waals surface area (Å²) in [5.74, 6) is -1.40. The molecule has 1 aliphatic rings. The van der Waals surface area contributed by atoms with Crippen molar-refractivity contribution in [1.82, 2.24) is 15.8 Å². The van der Waals surface area contributed by atoms with Gasteiger partial charge in [-0.3, -0.25) is 20.3 Å². The summed E-state index contributed by atoms with van der Waals surface area (Å²) < 4.78 is 0. The highest BCUT2D eigenvalue weighted by atomic mass is 16.4. The van der Waals surface area contributed by atoms with Crippen LogP contribution >= 0.6 is 0 Å². The van der Waals surface area contributed by atoms with Gasteiger partial charge in [0.25, 0.3) is 0 Å². The maximum absolute atomic E-state index is 11.4. The van der Waals surface area contributed by atoms with Crippen molar-refractivity contribution in [3.05, 3.63) is 0 Å². The molecule has 0 aromatic heterocycles. The predicted octanol–water partition coefficient (Wildman–Crippen LogP) is 0.468. The number of nitrogens with one attached hydrogen (secondary N) is 2. The average Bonchev–Trinajstić information content (AvgIpc) is 2.29. The molecule has 0 atom stereocenters. The van der Waals surface area contributed by atoms with Crippen molar-refractivity contribution in [3.8, 4) is 0 Å². The molecule has 1 aliphatic heterocycles. The zero-order chi connectivity index (χ0) is 13.4. The molecule has 1 heterocycles. The largest absolute Gasteiger partial charge is 0.481 e. The van der Waals surface area contributed by atoms with Gasteiger partial charge < -0.3 is 5.11 Å². The molecule has 18 heavy (non-hydrogen) atoms. The second-order valence-corrected chi connectivity index (χ2v) is 4.28. The van der Waals surface area contributed by atoms with E-state index < -0.39 is 17.9 Å². The number of carbonyl (C=O) groups excluding carboxylic acids is 2. The minimum Gasteiger partial charge on any atom is -0.481 e. The van der Waals surface area contributed by atoms with Crippen LogP contribution in [0.25, 0.3) is 0 Å². The summed E-state index contributed by atoms with van der Waals surface area (Å²) in [5.41, 5.74) is 2.60. The number of imide groups is 1. The Morgan fingerprint density at radius 3 is 2.33 bits per heavy atom. The Labute approximate surface area is 105 Å². The van der Waals surface area contributed by atoms with Crippen LogP contribution < -0.4 is 10.7 Å². The molecule has 0 radical (unpaired) electrons. The summed E-state index contributed by atoms with van der Waals surface area (Å²) in [6.45, 7) is 1.58. The minimum absolute atomic E-state index is 0.0414. The molecule has 7 nitrogen and oxygen atoms in total. The first kappa shape index (κ1) is 14.4. The number of hydrogen-bond donors (Lipinski definition) is 3. The highest BCUT2D eigenvalue weighted by Gasteiger charge is 2.14. The number of hydrazine groups is 1. The number of hydrogen-bond acceptors (Lipinski definition) is 4. The van der Waals surface area contributed by atoms with Crippen molar-refractivity contribution < 1.29 is 19.5 Å². The normalized spacial score (nSPS) is 16.0. The molecule has 0 unspecified atom stereocenters. The number of carboxylic acid groups (broad SMARTS) is 1. The summed E-state index contributed by atoms with van der Waals surface area (Å²) >= 11 is 0. The van der Waals surface area contributed by atoms with Gasteiger partial charge in [-0.1, -0.05) is 6.42 Å². The van der Waals surface area contributed by atoms with Gasteiger partial charge in [0.1, 0.15) is 0 Å². The fourth-order valence-corrected chi connectivity index (χ4v) is 1.77. The molecule has 0 aromatic rings. The van der Waals surface area contributed by atoms with Crippen LogP contribution in [0.4, 0.5) is 4.79 Å². The predicted molar refractivity (Wildman–Crippen MR) is 63.6 cm³/mol. The van der Waals surface area contributed by atoms with E-state index in [9.17, 15) is 14.4 Å². The molecule has 1 rings (SSSR count). The molecule has 0 aliphatic carbocycles. The topological polar surface area (TPSA) is 98.7 Å². The van der Waals surface area contributed by atoms with Crippen LogP contribution in [0.2, 0.25) is 0 Å². The van der Waals surface area contributed by atoms with Gasteiger partial charge in [0, 0.05) is 25.9 Å². The molecular formula is C11H19N3O4. The fourth-order valence-electron chi connectivity index (χ4n) is 1.77. The lowest BCUT2D eigenvalue weighted by Crippen LogP contribution is -2.50. The summed E-state index contributed by atoms with van der Waals surface area (Å²) in [7, 11) is 0. The molecule has 0 bridgehead atoms. The maximum Gasteiger partial charge on any atom is 0.335 e. The van der Waals surface area contributed by atoms with Gasteiger partial charge in [-0.2, -0.15) is 0 Å². The molecule has 1 fully saturated rings. The molecule has 7 heteroatoms. The molecule has 1 saturated heterocycles. The van der Waals surface area contributed by atoms with E-state index in [2.05, 4.69) is 10.7 Å². The van der Waals surface area contributed by atoms with Crippen molar-refractivity contribution in [3.63, 3.8) is 0 Å². The molecule has 0 aromatic carbocycles. The van der Waals surface area contributed by atoms with Crippen molar-refractivity contribution >= 4 is 17.9 Å². The van der Waals surface area contributed by atoms with Crippen LogP contribution in [0, 0.1) is 0 Å². The Balaban J connectivity index is 2.14. The number of aliphatic carboxylic acids is 1. The second kappa shape index (κ2) is 7.65. The van der Waals surface area contributed by atoms with E-state index in [1.54, 1.807) is 5.01 Å². The van der Waals surface area contributed by atoms with Crippen LogP contribution in [0.5, 0.6) is 0 Å². The Kier molecular flexibility index (Phi) is 6.13. The summed E-state index contributed by atoms with van der Waals surface area (Å²) in [4.78, 5) is 33.0. The smallest absolute Gasteiger partial charge is 0.335 e. The number of urea groups is 1.